The molecule has 0 unspecified atom stereocenters. The largest absolute Gasteiger partial charge is 0.356 e. The van der Waals surface area contributed by atoms with Crippen LogP contribution in [0.4, 0.5) is 0 Å². The van der Waals surface area contributed by atoms with Crippen LogP contribution in [0.1, 0.15) is 24.3 Å². The minimum absolute atomic E-state index is 0. The molecule has 0 atom stereocenters. The Morgan fingerprint density at radius 1 is 1.14 bits per heavy atom. The van der Waals surface area contributed by atoms with Crippen LogP contribution in [0.25, 0.3) is 0 Å². The van der Waals surface area contributed by atoms with Gasteiger partial charge in [0.1, 0.15) is 0 Å². The highest BCUT2D eigenvalue weighted by molar-refractivity contribution is 14.0. The Bertz CT molecular complexity index is 879. The van der Waals surface area contributed by atoms with Gasteiger partial charge in [-0.15, -0.1) is 35.3 Å². The summed E-state index contributed by atoms with van der Waals surface area (Å²) >= 11 is 1.74. The Kier molecular flexibility index (Phi) is 9.38. The Labute approximate surface area is 189 Å². The van der Waals surface area contributed by atoms with Crippen LogP contribution in [0.2, 0.25) is 0 Å². The summed E-state index contributed by atoms with van der Waals surface area (Å²) in [5.74, 6) is 0.636. The summed E-state index contributed by atoms with van der Waals surface area (Å²) in [6, 6.07) is 11.2. The lowest BCUT2D eigenvalue weighted by atomic mass is 9.91. The van der Waals surface area contributed by atoms with Gasteiger partial charge in [0.15, 0.2) is 5.96 Å². The number of sulfonamides is 1. The number of aliphatic imine (C=N–C) groups is 1. The van der Waals surface area contributed by atoms with E-state index in [4.69, 9.17) is 0 Å². The molecule has 0 spiro atoms. The van der Waals surface area contributed by atoms with Crippen molar-refractivity contribution in [3.05, 3.63) is 52.2 Å². The van der Waals surface area contributed by atoms with Gasteiger partial charge in [0.2, 0.25) is 10.0 Å². The lowest BCUT2D eigenvalue weighted by Crippen LogP contribution is -2.43. The molecule has 6 nitrogen and oxygen atoms in total. The molecule has 0 saturated carbocycles. The zero-order chi connectivity index (χ0) is 20.1. The SMILES string of the molecule is CN=C(NCc1ccccc1S(=O)(=O)N(C)C)NCC(C)(C)c1cccs1.I. The summed E-state index contributed by atoms with van der Waals surface area (Å²) in [5, 5.41) is 8.62. The summed E-state index contributed by atoms with van der Waals surface area (Å²) in [7, 11) is 1.28. The molecular weight excluding hydrogens is 507 g/mol. The maximum atomic E-state index is 12.5. The Hall–Kier alpha value is -1.17. The average Bonchev–Trinajstić information content (AvgIpc) is 3.17. The highest BCUT2D eigenvalue weighted by atomic mass is 127. The number of rotatable bonds is 7. The summed E-state index contributed by atoms with van der Waals surface area (Å²) < 4.78 is 26.2. The molecular formula is C19H29IN4O2S2. The monoisotopic (exact) mass is 536 g/mol. The first-order valence-corrected chi connectivity index (χ1v) is 11.0. The van der Waals surface area contributed by atoms with Crippen LogP contribution in [0.5, 0.6) is 0 Å². The molecule has 28 heavy (non-hydrogen) atoms. The second kappa shape index (κ2) is 10.6. The molecule has 0 aliphatic carbocycles. The molecule has 0 fully saturated rings. The summed E-state index contributed by atoms with van der Waals surface area (Å²) in [4.78, 5) is 5.85. The first-order chi connectivity index (χ1) is 12.7. The van der Waals surface area contributed by atoms with Crippen LogP contribution in [0, 0.1) is 0 Å². The second-order valence-corrected chi connectivity index (χ2v) is 10.1. The molecule has 9 heteroatoms. The Morgan fingerprint density at radius 2 is 1.82 bits per heavy atom. The van der Waals surface area contributed by atoms with Crippen molar-refractivity contribution in [1.82, 2.24) is 14.9 Å². The molecule has 0 bridgehead atoms. The molecule has 0 amide bonds. The van der Waals surface area contributed by atoms with Crippen LogP contribution < -0.4 is 10.6 Å². The van der Waals surface area contributed by atoms with Crippen molar-refractivity contribution in [2.45, 2.75) is 30.7 Å². The molecule has 2 rings (SSSR count). The maximum Gasteiger partial charge on any atom is 0.242 e. The maximum absolute atomic E-state index is 12.5. The number of hydrogen-bond acceptors (Lipinski definition) is 4. The molecule has 1 aromatic heterocycles. The molecule has 1 heterocycles. The van der Waals surface area contributed by atoms with Crippen LogP contribution in [-0.4, -0.2) is 46.4 Å². The lowest BCUT2D eigenvalue weighted by Gasteiger charge is -2.25. The van der Waals surface area contributed by atoms with Crippen LogP contribution in [0.15, 0.2) is 51.7 Å². The van der Waals surface area contributed by atoms with Crippen molar-refractivity contribution in [3.8, 4) is 0 Å². The van der Waals surface area contributed by atoms with Gasteiger partial charge in [-0.3, -0.25) is 4.99 Å². The number of benzene rings is 1. The smallest absolute Gasteiger partial charge is 0.242 e. The number of nitrogens with zero attached hydrogens (tertiary/aromatic N) is 2. The van der Waals surface area contributed by atoms with Gasteiger partial charge in [0.05, 0.1) is 4.90 Å². The number of halogens is 1. The summed E-state index contributed by atoms with van der Waals surface area (Å²) in [5.41, 5.74) is 0.671. The van der Waals surface area contributed by atoms with E-state index in [-0.39, 0.29) is 29.4 Å². The molecule has 0 aliphatic heterocycles. The van der Waals surface area contributed by atoms with E-state index in [1.54, 1.807) is 30.5 Å². The van der Waals surface area contributed by atoms with Crippen molar-refractivity contribution >= 4 is 51.3 Å². The zero-order valence-corrected chi connectivity index (χ0v) is 20.9. The quantitative estimate of drug-likeness (QED) is 0.324. The van der Waals surface area contributed by atoms with Gasteiger partial charge < -0.3 is 10.6 Å². The highest BCUT2D eigenvalue weighted by Crippen LogP contribution is 2.26. The first kappa shape index (κ1) is 24.9. The molecule has 2 aromatic rings. The normalized spacial score (nSPS) is 12.6. The standard InChI is InChI=1S/C19H28N4O2S2.HI/c1-19(2,17-11-8-12-26-17)14-22-18(20-3)21-13-15-9-6-7-10-16(15)27(24,25)23(4)5;/h6-12H,13-14H2,1-5H3,(H2,20,21,22);1H. The third-order valence-electron chi connectivity index (χ3n) is 4.29. The summed E-state index contributed by atoms with van der Waals surface area (Å²) in [6.45, 7) is 5.43. The number of nitrogens with one attached hydrogen (secondary N) is 2. The first-order valence-electron chi connectivity index (χ1n) is 8.67. The predicted octanol–water partition coefficient (Wildman–Crippen LogP) is 3.26. The molecule has 0 aliphatic rings. The van der Waals surface area contributed by atoms with Crippen LogP contribution in [0.3, 0.4) is 0 Å². The third kappa shape index (κ3) is 6.16. The van der Waals surface area contributed by atoms with Gasteiger partial charge in [-0.25, -0.2) is 12.7 Å². The third-order valence-corrected chi connectivity index (χ3v) is 7.44. The Morgan fingerprint density at radius 3 is 2.39 bits per heavy atom. The van der Waals surface area contributed by atoms with Gasteiger partial charge in [0.25, 0.3) is 0 Å². The Balaban J connectivity index is 0.00000392. The fourth-order valence-corrected chi connectivity index (χ4v) is 4.52. The topological polar surface area (TPSA) is 73.8 Å². The molecule has 0 saturated heterocycles. The lowest BCUT2D eigenvalue weighted by molar-refractivity contribution is 0.516. The highest BCUT2D eigenvalue weighted by Gasteiger charge is 2.23. The predicted molar refractivity (Wildman–Crippen MR) is 128 cm³/mol. The van der Waals surface area contributed by atoms with E-state index in [9.17, 15) is 8.42 Å². The van der Waals surface area contributed by atoms with E-state index < -0.39 is 10.0 Å². The van der Waals surface area contributed by atoms with Gasteiger partial charge in [-0.05, 0) is 23.1 Å². The molecule has 2 N–H and O–H groups in total. The molecule has 1 aromatic carbocycles. The number of thiophene rings is 1. The average molecular weight is 537 g/mol. The van der Waals surface area contributed by atoms with Gasteiger partial charge in [-0.2, -0.15) is 0 Å². The van der Waals surface area contributed by atoms with E-state index in [2.05, 4.69) is 47.0 Å². The van der Waals surface area contributed by atoms with Crippen molar-refractivity contribution in [2.24, 2.45) is 4.99 Å². The van der Waals surface area contributed by atoms with Crippen molar-refractivity contribution in [2.75, 3.05) is 27.7 Å². The summed E-state index contributed by atoms with van der Waals surface area (Å²) in [6.07, 6.45) is 0. The minimum atomic E-state index is -3.49. The van der Waals surface area contributed by atoms with Gasteiger partial charge in [-0.1, -0.05) is 38.1 Å². The number of guanidine groups is 1. The molecule has 156 valence electrons. The fourth-order valence-electron chi connectivity index (χ4n) is 2.55. The van der Waals surface area contributed by atoms with Crippen LogP contribution >= 0.6 is 35.3 Å². The fraction of sp³-hybridized carbons (Fsp3) is 0.421. The van der Waals surface area contributed by atoms with Crippen molar-refractivity contribution in [3.63, 3.8) is 0 Å². The van der Waals surface area contributed by atoms with E-state index in [0.717, 1.165) is 0 Å². The van der Waals surface area contributed by atoms with E-state index in [1.165, 1.54) is 23.3 Å². The van der Waals surface area contributed by atoms with E-state index >= 15 is 0 Å². The number of hydrogen-bond donors (Lipinski definition) is 2. The van der Waals surface area contributed by atoms with E-state index in [0.29, 0.717) is 29.5 Å². The van der Waals surface area contributed by atoms with Crippen molar-refractivity contribution < 1.29 is 8.42 Å². The molecule has 0 radical (unpaired) electrons. The van der Waals surface area contributed by atoms with Crippen molar-refractivity contribution in [1.29, 1.82) is 0 Å². The second-order valence-electron chi connectivity index (χ2n) is 7.04. The van der Waals surface area contributed by atoms with Crippen LogP contribution in [-0.2, 0) is 22.0 Å². The van der Waals surface area contributed by atoms with Gasteiger partial charge >= 0.3 is 0 Å². The van der Waals surface area contributed by atoms with Gasteiger partial charge in [0, 0.05) is 44.5 Å². The minimum Gasteiger partial charge on any atom is -0.356 e. The zero-order valence-electron chi connectivity index (χ0n) is 16.9. The van der Waals surface area contributed by atoms with E-state index in [1.807, 2.05) is 12.1 Å².